The van der Waals surface area contributed by atoms with Crippen LogP contribution >= 0.6 is 27.5 Å². The number of methoxy groups -OCH3 is 2. The molecule has 0 fully saturated rings. The number of rotatable bonds is 5. The number of nitrogens with zero attached hydrogens (tertiary/aromatic N) is 1. The second-order valence-corrected chi connectivity index (χ2v) is 5.74. The summed E-state index contributed by atoms with van der Waals surface area (Å²) in [6, 6.07) is 7.61. The maximum atomic E-state index is 6.10. The van der Waals surface area contributed by atoms with Crippen LogP contribution in [0.3, 0.4) is 0 Å². The van der Waals surface area contributed by atoms with Crippen LogP contribution in [0, 0.1) is 0 Å². The summed E-state index contributed by atoms with van der Waals surface area (Å²) in [7, 11) is 3.27. The second kappa shape index (κ2) is 7.00. The van der Waals surface area contributed by atoms with Crippen LogP contribution in [0.25, 0.3) is 0 Å². The zero-order valence-corrected chi connectivity index (χ0v) is 14.3. The van der Waals surface area contributed by atoms with Crippen LogP contribution < -0.4 is 14.8 Å². The Bertz CT molecular complexity index is 637. The van der Waals surface area contributed by atoms with Gasteiger partial charge in [0.1, 0.15) is 11.5 Å². The minimum atomic E-state index is -0.000504. The van der Waals surface area contributed by atoms with E-state index in [1.165, 1.54) is 0 Å². The summed E-state index contributed by atoms with van der Waals surface area (Å²) < 4.78 is 11.5. The molecular formula is C15H16BrClN2O2. The zero-order valence-electron chi connectivity index (χ0n) is 12.0. The first-order chi connectivity index (χ1) is 10.0. The lowest BCUT2D eigenvalue weighted by molar-refractivity contribution is 0.390. The number of nitrogens with one attached hydrogen (secondary N) is 1. The molecule has 21 heavy (non-hydrogen) atoms. The van der Waals surface area contributed by atoms with E-state index in [2.05, 4.69) is 26.2 Å². The van der Waals surface area contributed by atoms with Gasteiger partial charge in [-0.15, -0.1) is 0 Å². The SMILES string of the molecule is COc1ccc(C(C)Nc2cc(Br)cnc2Cl)c(OC)c1. The van der Waals surface area contributed by atoms with Crippen molar-refractivity contribution >= 4 is 33.2 Å². The third kappa shape index (κ3) is 3.80. The summed E-state index contributed by atoms with van der Waals surface area (Å²) in [5, 5.41) is 3.76. The largest absolute Gasteiger partial charge is 0.497 e. The van der Waals surface area contributed by atoms with Crippen LogP contribution in [0.15, 0.2) is 34.9 Å². The molecule has 1 aromatic carbocycles. The van der Waals surface area contributed by atoms with E-state index >= 15 is 0 Å². The molecule has 0 aliphatic carbocycles. The fourth-order valence-corrected chi connectivity index (χ4v) is 2.50. The van der Waals surface area contributed by atoms with Crippen LogP contribution in [0.2, 0.25) is 5.15 Å². The Hall–Kier alpha value is -1.46. The van der Waals surface area contributed by atoms with Gasteiger partial charge in [0.05, 0.1) is 25.9 Å². The van der Waals surface area contributed by atoms with E-state index in [0.717, 1.165) is 27.2 Å². The molecule has 1 aromatic heterocycles. The van der Waals surface area contributed by atoms with Crippen molar-refractivity contribution in [2.75, 3.05) is 19.5 Å². The number of hydrogen-bond acceptors (Lipinski definition) is 4. The number of anilines is 1. The Balaban J connectivity index is 2.27. The van der Waals surface area contributed by atoms with Crippen LogP contribution in [0.1, 0.15) is 18.5 Å². The Morgan fingerprint density at radius 3 is 2.67 bits per heavy atom. The third-order valence-corrected chi connectivity index (χ3v) is 3.82. The van der Waals surface area contributed by atoms with Crippen LogP contribution in [-0.2, 0) is 0 Å². The average Bonchev–Trinajstić information content (AvgIpc) is 2.50. The molecule has 4 nitrogen and oxygen atoms in total. The number of hydrogen-bond donors (Lipinski definition) is 1. The van der Waals surface area contributed by atoms with Crippen molar-refractivity contribution < 1.29 is 9.47 Å². The molecule has 0 radical (unpaired) electrons. The number of aromatic nitrogens is 1. The van der Waals surface area contributed by atoms with Crippen LogP contribution in [-0.4, -0.2) is 19.2 Å². The number of pyridine rings is 1. The Morgan fingerprint density at radius 1 is 1.24 bits per heavy atom. The van der Waals surface area contributed by atoms with Crippen molar-refractivity contribution in [3.05, 3.63) is 45.7 Å². The maximum Gasteiger partial charge on any atom is 0.152 e. The molecule has 2 rings (SSSR count). The smallest absolute Gasteiger partial charge is 0.152 e. The van der Waals surface area contributed by atoms with Gasteiger partial charge in [-0.05, 0) is 41.1 Å². The Labute approximate surface area is 137 Å². The normalized spacial score (nSPS) is 11.9. The van der Waals surface area contributed by atoms with Gasteiger partial charge in [-0.25, -0.2) is 4.98 Å². The minimum Gasteiger partial charge on any atom is -0.497 e. The first-order valence-electron chi connectivity index (χ1n) is 6.34. The highest BCUT2D eigenvalue weighted by Crippen LogP contribution is 2.33. The predicted octanol–water partition coefficient (Wildman–Crippen LogP) is 4.69. The highest BCUT2D eigenvalue weighted by Gasteiger charge is 2.14. The van der Waals surface area contributed by atoms with Gasteiger partial charge < -0.3 is 14.8 Å². The molecule has 1 atom stereocenters. The predicted molar refractivity (Wildman–Crippen MR) is 88.5 cm³/mol. The lowest BCUT2D eigenvalue weighted by atomic mass is 10.1. The van der Waals surface area contributed by atoms with Crippen molar-refractivity contribution in [3.63, 3.8) is 0 Å². The molecular weight excluding hydrogens is 356 g/mol. The van der Waals surface area contributed by atoms with E-state index in [9.17, 15) is 0 Å². The molecule has 1 heterocycles. The summed E-state index contributed by atoms with van der Waals surface area (Å²) in [4.78, 5) is 4.10. The lowest BCUT2D eigenvalue weighted by Crippen LogP contribution is -2.09. The van der Waals surface area contributed by atoms with Gasteiger partial charge in [0.25, 0.3) is 0 Å². The summed E-state index contributed by atoms with van der Waals surface area (Å²) in [6.45, 7) is 2.03. The van der Waals surface area contributed by atoms with Crippen molar-refractivity contribution in [1.82, 2.24) is 4.98 Å². The molecule has 0 spiro atoms. The van der Waals surface area contributed by atoms with Crippen molar-refractivity contribution in [2.24, 2.45) is 0 Å². The first kappa shape index (κ1) is 15.9. The Morgan fingerprint density at radius 2 is 2.00 bits per heavy atom. The molecule has 0 saturated heterocycles. The summed E-state index contributed by atoms with van der Waals surface area (Å²) in [6.07, 6.45) is 1.66. The highest BCUT2D eigenvalue weighted by atomic mass is 79.9. The molecule has 1 unspecified atom stereocenters. The molecule has 0 amide bonds. The van der Waals surface area contributed by atoms with E-state index in [1.54, 1.807) is 20.4 Å². The molecule has 0 saturated carbocycles. The summed E-state index contributed by atoms with van der Waals surface area (Å²) in [5.74, 6) is 1.51. The molecule has 2 aromatic rings. The van der Waals surface area contributed by atoms with Crippen LogP contribution in [0.4, 0.5) is 5.69 Å². The quantitative estimate of drug-likeness (QED) is 0.775. The Kier molecular flexibility index (Phi) is 5.31. The monoisotopic (exact) mass is 370 g/mol. The van der Waals surface area contributed by atoms with E-state index in [4.69, 9.17) is 21.1 Å². The van der Waals surface area contributed by atoms with E-state index in [-0.39, 0.29) is 6.04 Å². The van der Waals surface area contributed by atoms with Crippen molar-refractivity contribution in [1.29, 1.82) is 0 Å². The van der Waals surface area contributed by atoms with Gasteiger partial charge in [0.15, 0.2) is 5.15 Å². The molecule has 0 bridgehead atoms. The average molecular weight is 372 g/mol. The second-order valence-electron chi connectivity index (χ2n) is 4.47. The summed E-state index contributed by atoms with van der Waals surface area (Å²) >= 11 is 9.49. The number of benzene rings is 1. The van der Waals surface area contributed by atoms with E-state index in [0.29, 0.717) is 5.15 Å². The van der Waals surface area contributed by atoms with Gasteiger partial charge in [-0.3, -0.25) is 0 Å². The van der Waals surface area contributed by atoms with Crippen molar-refractivity contribution in [3.8, 4) is 11.5 Å². The first-order valence-corrected chi connectivity index (χ1v) is 7.51. The van der Waals surface area contributed by atoms with Gasteiger partial charge in [-0.1, -0.05) is 11.6 Å². The minimum absolute atomic E-state index is 0.000504. The fourth-order valence-electron chi connectivity index (χ4n) is 2.01. The van der Waals surface area contributed by atoms with Gasteiger partial charge >= 0.3 is 0 Å². The number of ether oxygens (including phenoxy) is 2. The van der Waals surface area contributed by atoms with Gasteiger partial charge in [0, 0.05) is 22.3 Å². The lowest BCUT2D eigenvalue weighted by Gasteiger charge is -2.19. The number of halogens is 2. The standard InChI is InChI=1S/C15H16BrClN2O2/c1-9(19-13-6-10(16)8-18-15(13)17)12-5-4-11(20-2)7-14(12)21-3/h4-9,19H,1-3H3. The van der Waals surface area contributed by atoms with E-state index < -0.39 is 0 Å². The molecule has 1 N–H and O–H groups in total. The molecule has 0 aliphatic rings. The third-order valence-electron chi connectivity index (χ3n) is 3.08. The molecule has 0 aliphatic heterocycles. The molecule has 112 valence electrons. The maximum absolute atomic E-state index is 6.10. The van der Waals surface area contributed by atoms with E-state index in [1.807, 2.05) is 31.2 Å². The molecule has 6 heteroatoms. The van der Waals surface area contributed by atoms with Gasteiger partial charge in [0.2, 0.25) is 0 Å². The summed E-state index contributed by atoms with van der Waals surface area (Å²) in [5.41, 5.74) is 1.77. The highest BCUT2D eigenvalue weighted by molar-refractivity contribution is 9.10. The van der Waals surface area contributed by atoms with Gasteiger partial charge in [-0.2, -0.15) is 0 Å². The zero-order chi connectivity index (χ0) is 15.4. The van der Waals surface area contributed by atoms with Crippen LogP contribution in [0.5, 0.6) is 11.5 Å². The topological polar surface area (TPSA) is 43.4 Å². The fraction of sp³-hybridized carbons (Fsp3) is 0.267. The van der Waals surface area contributed by atoms with Crippen molar-refractivity contribution in [2.45, 2.75) is 13.0 Å².